The van der Waals surface area contributed by atoms with Gasteiger partial charge >= 0.3 is 5.63 Å². The van der Waals surface area contributed by atoms with Gasteiger partial charge in [-0.05, 0) is 43.2 Å². The molecule has 3 rings (SSSR count). The van der Waals surface area contributed by atoms with Crippen LogP contribution in [0.1, 0.15) is 18.1 Å². The Morgan fingerprint density at radius 3 is 2.73 bits per heavy atom. The van der Waals surface area contributed by atoms with Crippen molar-refractivity contribution in [3.05, 3.63) is 69.0 Å². The summed E-state index contributed by atoms with van der Waals surface area (Å²) in [5.41, 5.74) is 2.20. The molecule has 134 valence electrons. The molecular formula is C20H18ClNO4. The summed E-state index contributed by atoms with van der Waals surface area (Å²) in [6, 6.07) is 12.1. The summed E-state index contributed by atoms with van der Waals surface area (Å²) in [6.07, 6.45) is 0.616. The van der Waals surface area contributed by atoms with Crippen molar-refractivity contribution in [2.45, 2.75) is 20.3 Å². The molecule has 6 heteroatoms. The van der Waals surface area contributed by atoms with E-state index in [0.717, 1.165) is 10.9 Å². The van der Waals surface area contributed by atoms with Crippen LogP contribution in [0.2, 0.25) is 5.02 Å². The number of para-hydroxylation sites is 1. The smallest absolute Gasteiger partial charge is 0.339 e. The van der Waals surface area contributed by atoms with Crippen LogP contribution in [0.4, 0.5) is 5.69 Å². The van der Waals surface area contributed by atoms with Crippen LogP contribution < -0.4 is 15.7 Å². The molecule has 0 fully saturated rings. The molecule has 1 aromatic heterocycles. The number of aryl methyl sites for hydroxylation is 1. The Kier molecular flexibility index (Phi) is 5.28. The Bertz CT molecular complexity index is 1030. The van der Waals surface area contributed by atoms with E-state index in [1.54, 1.807) is 36.4 Å². The molecule has 2 aromatic carbocycles. The average Bonchev–Trinajstić information content (AvgIpc) is 2.62. The molecule has 0 aliphatic rings. The highest BCUT2D eigenvalue weighted by Gasteiger charge is 2.11. The number of rotatable bonds is 5. The monoisotopic (exact) mass is 371 g/mol. The predicted octanol–water partition coefficient (Wildman–Crippen LogP) is 4.33. The van der Waals surface area contributed by atoms with E-state index in [0.29, 0.717) is 34.0 Å². The van der Waals surface area contributed by atoms with E-state index >= 15 is 0 Å². The highest BCUT2D eigenvalue weighted by molar-refractivity contribution is 6.33. The second-order valence-corrected chi connectivity index (χ2v) is 6.23. The zero-order valence-corrected chi connectivity index (χ0v) is 15.2. The normalized spacial score (nSPS) is 10.7. The minimum atomic E-state index is -0.342. The van der Waals surface area contributed by atoms with Gasteiger partial charge in [0.25, 0.3) is 5.91 Å². The Labute approximate surface area is 155 Å². The Hall–Kier alpha value is -2.79. The van der Waals surface area contributed by atoms with E-state index < -0.39 is 0 Å². The second-order valence-electron chi connectivity index (χ2n) is 5.82. The molecule has 0 radical (unpaired) electrons. The minimum absolute atomic E-state index is 0.188. The maximum atomic E-state index is 12.0. The number of hydrogen-bond acceptors (Lipinski definition) is 4. The predicted molar refractivity (Wildman–Crippen MR) is 102 cm³/mol. The van der Waals surface area contributed by atoms with Crippen LogP contribution in [0.25, 0.3) is 11.0 Å². The van der Waals surface area contributed by atoms with Gasteiger partial charge in [-0.1, -0.05) is 30.7 Å². The maximum Gasteiger partial charge on any atom is 0.339 e. The standard InChI is InChI=1S/C20H18ClNO4/c1-3-14-12(2)15-9-8-13(10-18(15)26-20(14)24)25-11-19(23)22-17-7-5-4-6-16(17)21/h4-10H,3,11H2,1-2H3,(H,22,23). The molecule has 0 aliphatic carbocycles. The first-order valence-electron chi connectivity index (χ1n) is 8.23. The van der Waals surface area contributed by atoms with Crippen LogP contribution in [0.5, 0.6) is 5.75 Å². The first-order chi connectivity index (χ1) is 12.5. The molecule has 1 N–H and O–H groups in total. The quantitative estimate of drug-likeness (QED) is 0.677. The summed E-state index contributed by atoms with van der Waals surface area (Å²) >= 11 is 6.01. The summed E-state index contributed by atoms with van der Waals surface area (Å²) in [4.78, 5) is 24.0. The van der Waals surface area contributed by atoms with Gasteiger partial charge in [-0.25, -0.2) is 4.79 Å². The lowest BCUT2D eigenvalue weighted by molar-refractivity contribution is -0.118. The van der Waals surface area contributed by atoms with Crippen molar-refractivity contribution in [3.8, 4) is 5.75 Å². The number of halogens is 1. The fraction of sp³-hybridized carbons (Fsp3) is 0.200. The number of anilines is 1. The number of hydrogen-bond donors (Lipinski definition) is 1. The fourth-order valence-electron chi connectivity index (χ4n) is 2.77. The lowest BCUT2D eigenvalue weighted by Crippen LogP contribution is -2.20. The highest BCUT2D eigenvalue weighted by atomic mass is 35.5. The van der Waals surface area contributed by atoms with Gasteiger partial charge < -0.3 is 14.5 Å². The first-order valence-corrected chi connectivity index (χ1v) is 8.61. The zero-order chi connectivity index (χ0) is 18.7. The third-order valence-corrected chi connectivity index (χ3v) is 4.46. The van der Waals surface area contributed by atoms with Gasteiger partial charge in [-0.15, -0.1) is 0 Å². The van der Waals surface area contributed by atoms with Crippen LogP contribution in [0.15, 0.2) is 51.7 Å². The van der Waals surface area contributed by atoms with E-state index in [9.17, 15) is 9.59 Å². The van der Waals surface area contributed by atoms with Gasteiger partial charge in [0.1, 0.15) is 11.3 Å². The summed E-state index contributed by atoms with van der Waals surface area (Å²) in [5, 5.41) is 3.99. The third-order valence-electron chi connectivity index (χ3n) is 4.13. The van der Waals surface area contributed by atoms with Gasteiger partial charge in [0.05, 0.1) is 10.7 Å². The van der Waals surface area contributed by atoms with Crippen LogP contribution >= 0.6 is 11.6 Å². The number of carbonyl (C=O) groups is 1. The molecule has 0 aliphatic heterocycles. The molecular weight excluding hydrogens is 354 g/mol. The van der Waals surface area contributed by atoms with Gasteiger partial charge in [-0.3, -0.25) is 4.79 Å². The second kappa shape index (κ2) is 7.62. The van der Waals surface area contributed by atoms with Crippen LogP contribution in [-0.4, -0.2) is 12.5 Å². The number of ether oxygens (including phenoxy) is 1. The number of amides is 1. The highest BCUT2D eigenvalue weighted by Crippen LogP contribution is 2.24. The molecule has 0 bridgehead atoms. The van der Waals surface area contributed by atoms with Crippen molar-refractivity contribution in [2.24, 2.45) is 0 Å². The molecule has 26 heavy (non-hydrogen) atoms. The molecule has 0 atom stereocenters. The summed E-state index contributed by atoms with van der Waals surface area (Å²) in [5.74, 6) is 0.107. The van der Waals surface area contributed by atoms with E-state index in [4.69, 9.17) is 20.8 Å². The van der Waals surface area contributed by atoms with Gasteiger partial charge in [0.2, 0.25) is 0 Å². The van der Waals surface area contributed by atoms with E-state index in [2.05, 4.69) is 5.32 Å². The largest absolute Gasteiger partial charge is 0.484 e. The Morgan fingerprint density at radius 1 is 1.23 bits per heavy atom. The molecule has 0 saturated carbocycles. The van der Waals surface area contributed by atoms with E-state index in [1.165, 1.54) is 0 Å². The van der Waals surface area contributed by atoms with Crippen molar-refractivity contribution < 1.29 is 13.9 Å². The van der Waals surface area contributed by atoms with E-state index in [1.807, 2.05) is 19.9 Å². The van der Waals surface area contributed by atoms with Crippen molar-refractivity contribution in [2.75, 3.05) is 11.9 Å². The molecule has 0 spiro atoms. The van der Waals surface area contributed by atoms with Crippen molar-refractivity contribution in [1.29, 1.82) is 0 Å². The molecule has 0 unspecified atom stereocenters. The molecule has 3 aromatic rings. The van der Waals surface area contributed by atoms with Gasteiger partial charge in [0.15, 0.2) is 6.61 Å². The topological polar surface area (TPSA) is 68.5 Å². The molecule has 0 saturated heterocycles. The SMILES string of the molecule is CCc1c(C)c2ccc(OCC(=O)Nc3ccccc3Cl)cc2oc1=O. The number of fused-ring (bicyclic) bond motifs is 1. The first kappa shape index (κ1) is 18.0. The fourth-order valence-corrected chi connectivity index (χ4v) is 2.95. The third kappa shape index (κ3) is 3.73. The molecule has 1 heterocycles. The van der Waals surface area contributed by atoms with Crippen molar-refractivity contribution in [3.63, 3.8) is 0 Å². The van der Waals surface area contributed by atoms with Crippen molar-refractivity contribution in [1.82, 2.24) is 0 Å². The molecule has 5 nitrogen and oxygen atoms in total. The van der Waals surface area contributed by atoms with Crippen LogP contribution in [-0.2, 0) is 11.2 Å². The number of nitrogens with one attached hydrogen (secondary N) is 1. The number of carbonyl (C=O) groups excluding carboxylic acids is 1. The molecule has 1 amide bonds. The summed E-state index contributed by atoms with van der Waals surface area (Å²) in [6.45, 7) is 3.63. The van der Waals surface area contributed by atoms with Crippen molar-refractivity contribution >= 4 is 34.2 Å². The lowest BCUT2D eigenvalue weighted by Gasteiger charge is -2.10. The number of benzene rings is 2. The van der Waals surface area contributed by atoms with Crippen LogP contribution in [0.3, 0.4) is 0 Å². The summed E-state index contributed by atoms with van der Waals surface area (Å²) < 4.78 is 10.9. The Balaban J connectivity index is 1.74. The zero-order valence-electron chi connectivity index (χ0n) is 14.5. The summed E-state index contributed by atoms with van der Waals surface area (Å²) in [7, 11) is 0. The van der Waals surface area contributed by atoms with E-state index in [-0.39, 0.29) is 18.1 Å². The lowest BCUT2D eigenvalue weighted by atomic mass is 10.0. The minimum Gasteiger partial charge on any atom is -0.484 e. The maximum absolute atomic E-state index is 12.0. The van der Waals surface area contributed by atoms with Crippen LogP contribution in [0, 0.1) is 6.92 Å². The average molecular weight is 372 g/mol. The van der Waals surface area contributed by atoms with Gasteiger partial charge in [-0.2, -0.15) is 0 Å². The Morgan fingerprint density at radius 2 is 2.00 bits per heavy atom. The van der Waals surface area contributed by atoms with Gasteiger partial charge in [0, 0.05) is 17.0 Å².